The molecule has 0 aliphatic heterocycles. The minimum absolute atomic E-state index is 0.118. The molecule has 100 valence electrons. The number of hydrogen-bond donors (Lipinski definition) is 2. The minimum atomic E-state index is -0.795. The quantitative estimate of drug-likeness (QED) is 0.877. The van der Waals surface area contributed by atoms with Crippen molar-refractivity contribution >= 4 is 28.1 Å². The Morgan fingerprint density at radius 3 is 2.63 bits per heavy atom. The van der Waals surface area contributed by atoms with Crippen LogP contribution >= 0.6 is 11.3 Å². The van der Waals surface area contributed by atoms with E-state index in [2.05, 4.69) is 42.3 Å². The normalized spacial score (nSPS) is 10.4. The highest BCUT2D eigenvalue weighted by Crippen LogP contribution is 2.23. The highest BCUT2D eigenvalue weighted by Gasteiger charge is 2.05. The zero-order valence-electron chi connectivity index (χ0n) is 10.9. The van der Waals surface area contributed by atoms with Crippen LogP contribution in [0.2, 0.25) is 0 Å². The summed E-state index contributed by atoms with van der Waals surface area (Å²) in [4.78, 5) is 14.9. The van der Waals surface area contributed by atoms with Crippen LogP contribution in [0.5, 0.6) is 0 Å². The van der Waals surface area contributed by atoms with E-state index in [0.717, 1.165) is 16.5 Å². The lowest BCUT2D eigenvalue weighted by Gasteiger charge is -2.05. The molecule has 0 atom stereocenters. The van der Waals surface area contributed by atoms with Gasteiger partial charge in [0.05, 0.1) is 12.1 Å². The van der Waals surface area contributed by atoms with Gasteiger partial charge in [-0.15, -0.1) is 11.3 Å². The van der Waals surface area contributed by atoms with Gasteiger partial charge in [0.25, 0.3) is 0 Å². The molecule has 0 bridgehead atoms. The molecule has 1 aromatic carbocycles. The van der Waals surface area contributed by atoms with Crippen molar-refractivity contribution in [1.82, 2.24) is 4.98 Å². The molecular formula is C14H16N2O2S. The van der Waals surface area contributed by atoms with E-state index in [1.807, 2.05) is 5.38 Å². The average molecular weight is 276 g/mol. The van der Waals surface area contributed by atoms with Gasteiger partial charge in [-0.1, -0.05) is 6.07 Å². The van der Waals surface area contributed by atoms with E-state index < -0.39 is 5.97 Å². The van der Waals surface area contributed by atoms with Gasteiger partial charge in [-0.2, -0.15) is 0 Å². The Balaban J connectivity index is 2.05. The number of aliphatic carboxylic acids is 1. The second kappa shape index (κ2) is 5.84. The molecule has 19 heavy (non-hydrogen) atoms. The van der Waals surface area contributed by atoms with Gasteiger partial charge in [-0.25, -0.2) is 4.98 Å². The molecule has 0 amide bonds. The summed E-state index contributed by atoms with van der Waals surface area (Å²) >= 11 is 1.49. The van der Waals surface area contributed by atoms with Crippen LogP contribution in [0.4, 0.5) is 10.8 Å². The van der Waals surface area contributed by atoms with Crippen molar-refractivity contribution in [2.75, 3.05) is 5.32 Å². The topological polar surface area (TPSA) is 62.2 Å². The number of nitrogens with zero attached hydrogens (tertiary/aromatic N) is 1. The maximum absolute atomic E-state index is 10.5. The third kappa shape index (κ3) is 4.06. The predicted octanol–water partition coefficient (Wildman–Crippen LogP) is 3.52. The van der Waals surface area contributed by atoms with Gasteiger partial charge in [0.1, 0.15) is 0 Å². The lowest BCUT2D eigenvalue weighted by molar-refractivity contribution is -0.136. The van der Waals surface area contributed by atoms with Gasteiger partial charge in [-0.3, -0.25) is 4.79 Å². The Hall–Kier alpha value is -1.88. The van der Waals surface area contributed by atoms with Crippen LogP contribution in [-0.2, 0) is 11.2 Å². The molecule has 0 radical (unpaired) electrons. The van der Waals surface area contributed by atoms with Gasteiger partial charge >= 0.3 is 5.97 Å². The third-order valence-electron chi connectivity index (χ3n) is 2.62. The Bertz CT molecular complexity index is 573. The number of hydrogen-bond acceptors (Lipinski definition) is 4. The van der Waals surface area contributed by atoms with Crippen molar-refractivity contribution in [2.45, 2.75) is 26.7 Å². The number of rotatable bonds is 5. The number of thiazole rings is 1. The van der Waals surface area contributed by atoms with Crippen molar-refractivity contribution in [3.8, 4) is 0 Å². The maximum Gasteiger partial charge on any atom is 0.303 e. The highest BCUT2D eigenvalue weighted by atomic mass is 32.1. The monoisotopic (exact) mass is 276 g/mol. The van der Waals surface area contributed by atoms with Crippen LogP contribution in [0.15, 0.2) is 23.6 Å². The number of carboxylic acid groups (broad SMARTS) is 1. The molecule has 1 aromatic heterocycles. The number of benzene rings is 1. The lowest BCUT2D eigenvalue weighted by atomic mass is 10.1. The van der Waals surface area contributed by atoms with E-state index in [9.17, 15) is 4.79 Å². The van der Waals surface area contributed by atoms with Crippen LogP contribution in [0.1, 0.15) is 23.2 Å². The Morgan fingerprint density at radius 2 is 2.00 bits per heavy atom. The van der Waals surface area contributed by atoms with Gasteiger partial charge in [0, 0.05) is 17.5 Å². The zero-order chi connectivity index (χ0) is 13.8. The Kier molecular flexibility index (Phi) is 4.16. The number of aromatic nitrogens is 1. The summed E-state index contributed by atoms with van der Waals surface area (Å²) < 4.78 is 0. The molecule has 0 saturated heterocycles. The first-order valence-corrected chi connectivity index (χ1v) is 6.92. The number of nitrogens with one attached hydrogen (secondary N) is 1. The molecule has 5 heteroatoms. The molecule has 0 saturated carbocycles. The van der Waals surface area contributed by atoms with E-state index in [1.54, 1.807) is 0 Å². The first-order chi connectivity index (χ1) is 9.02. The molecule has 2 N–H and O–H groups in total. The molecule has 0 aliphatic rings. The third-order valence-corrected chi connectivity index (χ3v) is 3.43. The molecule has 4 nitrogen and oxygen atoms in total. The predicted molar refractivity (Wildman–Crippen MR) is 77.3 cm³/mol. The van der Waals surface area contributed by atoms with Gasteiger partial charge in [0.2, 0.25) is 0 Å². The maximum atomic E-state index is 10.5. The minimum Gasteiger partial charge on any atom is -0.481 e. The van der Waals surface area contributed by atoms with Crippen molar-refractivity contribution < 1.29 is 9.90 Å². The van der Waals surface area contributed by atoms with Crippen molar-refractivity contribution in [2.24, 2.45) is 0 Å². The average Bonchev–Trinajstić information content (AvgIpc) is 2.72. The van der Waals surface area contributed by atoms with E-state index >= 15 is 0 Å². The van der Waals surface area contributed by atoms with E-state index in [-0.39, 0.29) is 6.42 Å². The van der Waals surface area contributed by atoms with Crippen molar-refractivity contribution in [1.29, 1.82) is 0 Å². The van der Waals surface area contributed by atoms with Gasteiger partial charge in [-0.05, 0) is 37.1 Å². The zero-order valence-corrected chi connectivity index (χ0v) is 11.8. The van der Waals surface area contributed by atoms with E-state index in [1.165, 1.54) is 22.5 Å². The Labute approximate surface area is 116 Å². The highest BCUT2D eigenvalue weighted by molar-refractivity contribution is 7.13. The van der Waals surface area contributed by atoms with Gasteiger partial charge in [0.15, 0.2) is 5.13 Å². The van der Waals surface area contributed by atoms with Crippen molar-refractivity contribution in [3.05, 3.63) is 40.4 Å². The molecule has 2 aromatic rings. The van der Waals surface area contributed by atoms with Crippen molar-refractivity contribution in [3.63, 3.8) is 0 Å². The largest absolute Gasteiger partial charge is 0.481 e. The second-order valence-electron chi connectivity index (χ2n) is 4.54. The van der Waals surface area contributed by atoms with Crippen LogP contribution < -0.4 is 5.32 Å². The van der Waals surface area contributed by atoms with Crippen LogP contribution in [-0.4, -0.2) is 16.1 Å². The first kappa shape index (κ1) is 13.5. The molecule has 1 heterocycles. The smallest absolute Gasteiger partial charge is 0.303 e. The molecule has 0 unspecified atom stereocenters. The SMILES string of the molecule is Cc1cc(C)cc(Nc2nc(CCC(=O)O)cs2)c1. The first-order valence-electron chi connectivity index (χ1n) is 6.04. The molecular weight excluding hydrogens is 260 g/mol. The molecule has 0 aliphatic carbocycles. The fourth-order valence-corrected chi connectivity index (χ4v) is 2.65. The lowest BCUT2D eigenvalue weighted by Crippen LogP contribution is -1.98. The summed E-state index contributed by atoms with van der Waals surface area (Å²) in [7, 11) is 0. The summed E-state index contributed by atoms with van der Waals surface area (Å²) in [6.45, 7) is 4.11. The summed E-state index contributed by atoms with van der Waals surface area (Å²) in [5.41, 5.74) is 4.23. The molecule has 2 rings (SSSR count). The number of aryl methyl sites for hydroxylation is 3. The van der Waals surface area contributed by atoms with Gasteiger partial charge < -0.3 is 10.4 Å². The summed E-state index contributed by atoms with van der Waals surface area (Å²) in [5.74, 6) is -0.795. The Morgan fingerprint density at radius 1 is 1.32 bits per heavy atom. The second-order valence-corrected chi connectivity index (χ2v) is 5.40. The van der Waals surface area contributed by atoms with Crippen LogP contribution in [0.3, 0.4) is 0 Å². The number of anilines is 2. The summed E-state index contributed by atoms with van der Waals surface area (Å²) in [6.07, 6.45) is 0.590. The van der Waals surface area contributed by atoms with E-state index in [4.69, 9.17) is 5.11 Å². The number of carbonyl (C=O) groups is 1. The number of carboxylic acids is 1. The fourth-order valence-electron chi connectivity index (χ4n) is 1.88. The van der Waals surface area contributed by atoms with Crippen LogP contribution in [0.25, 0.3) is 0 Å². The summed E-state index contributed by atoms with van der Waals surface area (Å²) in [5, 5.41) is 14.6. The summed E-state index contributed by atoms with van der Waals surface area (Å²) in [6, 6.07) is 6.24. The molecule has 0 fully saturated rings. The molecule has 0 spiro atoms. The van der Waals surface area contributed by atoms with E-state index in [0.29, 0.717) is 6.42 Å². The fraction of sp³-hybridized carbons (Fsp3) is 0.286. The van der Waals surface area contributed by atoms with Crippen LogP contribution in [0, 0.1) is 13.8 Å². The standard InChI is InChI=1S/C14H16N2O2S/c1-9-5-10(2)7-12(6-9)16-14-15-11(8-19-14)3-4-13(17)18/h5-8H,3-4H2,1-2H3,(H,15,16)(H,17,18).